The van der Waals surface area contributed by atoms with Crippen LogP contribution in [0.4, 0.5) is 5.69 Å². The quantitative estimate of drug-likeness (QED) is 0.929. The maximum absolute atomic E-state index is 5.87. The number of piperidine rings is 1. The van der Waals surface area contributed by atoms with Gasteiger partial charge in [0.15, 0.2) is 0 Å². The van der Waals surface area contributed by atoms with Gasteiger partial charge in [-0.25, -0.2) is 4.98 Å². The number of aromatic nitrogens is 1. The number of anilines is 1. The topological polar surface area (TPSA) is 37.4 Å². The summed E-state index contributed by atoms with van der Waals surface area (Å²) < 4.78 is 5.87. The minimum absolute atomic E-state index is 0. The van der Waals surface area contributed by atoms with Gasteiger partial charge in [-0.05, 0) is 26.0 Å². The van der Waals surface area contributed by atoms with E-state index in [-0.39, 0.29) is 24.8 Å². The molecule has 6 heteroatoms. The highest BCUT2D eigenvalue weighted by atomic mass is 35.5. The summed E-state index contributed by atoms with van der Waals surface area (Å²) in [4.78, 5) is 6.56. The van der Waals surface area contributed by atoms with Gasteiger partial charge in [0.2, 0.25) is 5.88 Å². The van der Waals surface area contributed by atoms with Crippen molar-refractivity contribution in [1.82, 2.24) is 9.88 Å². The molecule has 1 aromatic heterocycles. The SMILES string of the molecule is CNc1ccnc(OC2CCN(C)CC2)c1.Cl.Cl. The van der Waals surface area contributed by atoms with E-state index in [1.165, 1.54) is 0 Å². The summed E-state index contributed by atoms with van der Waals surface area (Å²) in [5.41, 5.74) is 1.04. The summed E-state index contributed by atoms with van der Waals surface area (Å²) in [6.45, 7) is 2.22. The molecule has 1 aliphatic heterocycles. The van der Waals surface area contributed by atoms with Gasteiger partial charge in [0.1, 0.15) is 6.10 Å². The highest BCUT2D eigenvalue weighted by Crippen LogP contribution is 2.18. The van der Waals surface area contributed by atoms with Crippen molar-refractivity contribution in [3.8, 4) is 5.88 Å². The Hall–Kier alpha value is -0.710. The van der Waals surface area contributed by atoms with Crippen LogP contribution in [0, 0.1) is 0 Å². The molecular weight excluding hydrogens is 273 g/mol. The van der Waals surface area contributed by atoms with Crippen molar-refractivity contribution in [3.05, 3.63) is 18.3 Å². The minimum Gasteiger partial charge on any atom is -0.474 e. The van der Waals surface area contributed by atoms with E-state index in [9.17, 15) is 0 Å². The Bertz CT molecular complexity index is 344. The van der Waals surface area contributed by atoms with Gasteiger partial charge in [-0.2, -0.15) is 0 Å². The minimum atomic E-state index is 0. The highest BCUT2D eigenvalue weighted by molar-refractivity contribution is 5.85. The fraction of sp³-hybridized carbons (Fsp3) is 0.583. The molecule has 0 atom stereocenters. The zero-order chi connectivity index (χ0) is 11.4. The van der Waals surface area contributed by atoms with Gasteiger partial charge in [0.25, 0.3) is 0 Å². The molecule has 0 spiro atoms. The van der Waals surface area contributed by atoms with E-state index in [0.29, 0.717) is 6.10 Å². The molecule has 0 radical (unpaired) electrons. The Morgan fingerprint density at radius 1 is 1.33 bits per heavy atom. The Balaban J connectivity index is 0.00000144. The van der Waals surface area contributed by atoms with Gasteiger partial charge in [-0.3, -0.25) is 0 Å². The lowest BCUT2D eigenvalue weighted by molar-refractivity contribution is 0.110. The zero-order valence-corrected chi connectivity index (χ0v) is 12.4. The van der Waals surface area contributed by atoms with Crippen LogP contribution in [0.15, 0.2) is 18.3 Å². The molecule has 104 valence electrons. The van der Waals surface area contributed by atoms with Crippen LogP contribution >= 0.6 is 24.8 Å². The molecule has 0 amide bonds. The van der Waals surface area contributed by atoms with Gasteiger partial charge >= 0.3 is 0 Å². The van der Waals surface area contributed by atoms with Crippen LogP contribution in [0.3, 0.4) is 0 Å². The van der Waals surface area contributed by atoms with Crippen molar-refractivity contribution in [2.24, 2.45) is 0 Å². The number of nitrogens with one attached hydrogen (secondary N) is 1. The maximum Gasteiger partial charge on any atom is 0.215 e. The second-order valence-corrected chi connectivity index (χ2v) is 4.25. The van der Waals surface area contributed by atoms with Gasteiger partial charge in [-0.15, -0.1) is 24.8 Å². The molecule has 1 N–H and O–H groups in total. The smallest absolute Gasteiger partial charge is 0.215 e. The Morgan fingerprint density at radius 2 is 2.00 bits per heavy atom. The van der Waals surface area contributed by atoms with E-state index in [4.69, 9.17) is 4.74 Å². The second kappa shape index (κ2) is 8.40. The first-order valence-corrected chi connectivity index (χ1v) is 5.77. The van der Waals surface area contributed by atoms with Gasteiger partial charge in [0, 0.05) is 38.1 Å². The number of nitrogens with zero attached hydrogens (tertiary/aromatic N) is 2. The average molecular weight is 294 g/mol. The summed E-state index contributed by atoms with van der Waals surface area (Å²) in [6.07, 6.45) is 4.26. The van der Waals surface area contributed by atoms with Crippen LogP contribution in [-0.4, -0.2) is 43.2 Å². The predicted molar refractivity (Wildman–Crippen MR) is 79.4 cm³/mol. The molecule has 0 unspecified atom stereocenters. The predicted octanol–water partition coefficient (Wildman–Crippen LogP) is 2.44. The molecule has 1 aromatic rings. The normalized spacial score (nSPS) is 16.3. The van der Waals surface area contributed by atoms with Crippen LogP contribution in [0.5, 0.6) is 5.88 Å². The number of ether oxygens (including phenoxy) is 1. The average Bonchev–Trinajstić information content (AvgIpc) is 2.32. The Kier molecular flexibility index (Phi) is 8.07. The van der Waals surface area contributed by atoms with Crippen LogP contribution in [0.1, 0.15) is 12.8 Å². The van der Waals surface area contributed by atoms with E-state index in [2.05, 4.69) is 22.2 Å². The summed E-state index contributed by atoms with van der Waals surface area (Å²) in [7, 11) is 4.05. The standard InChI is InChI=1S/C12H19N3O.2ClH/c1-13-10-3-6-14-12(9-10)16-11-4-7-15(2)8-5-11;;/h3,6,9,11H,4-5,7-8H2,1-2H3,(H,13,14);2*1H. The third-order valence-corrected chi connectivity index (χ3v) is 2.98. The summed E-state index contributed by atoms with van der Waals surface area (Å²) >= 11 is 0. The molecule has 2 heterocycles. The molecular formula is C12H21Cl2N3O. The lowest BCUT2D eigenvalue weighted by Gasteiger charge is -2.28. The van der Waals surface area contributed by atoms with Crippen molar-refractivity contribution in [2.45, 2.75) is 18.9 Å². The van der Waals surface area contributed by atoms with E-state index in [0.717, 1.165) is 37.5 Å². The lowest BCUT2D eigenvalue weighted by atomic mass is 10.1. The third kappa shape index (κ3) is 4.88. The third-order valence-electron chi connectivity index (χ3n) is 2.98. The number of rotatable bonds is 3. The first-order valence-electron chi connectivity index (χ1n) is 5.77. The molecule has 1 fully saturated rings. The van der Waals surface area contributed by atoms with Crippen LogP contribution in [0.2, 0.25) is 0 Å². The van der Waals surface area contributed by atoms with Crippen LogP contribution < -0.4 is 10.1 Å². The molecule has 0 bridgehead atoms. The Morgan fingerprint density at radius 3 is 2.61 bits per heavy atom. The fourth-order valence-electron chi connectivity index (χ4n) is 1.90. The number of likely N-dealkylation sites (tertiary alicyclic amines) is 1. The number of hydrogen-bond acceptors (Lipinski definition) is 4. The molecule has 18 heavy (non-hydrogen) atoms. The molecule has 0 aromatic carbocycles. The monoisotopic (exact) mass is 293 g/mol. The van der Waals surface area contributed by atoms with Crippen molar-refractivity contribution < 1.29 is 4.74 Å². The number of halogens is 2. The summed E-state index contributed by atoms with van der Waals surface area (Å²) in [6, 6.07) is 3.87. The van der Waals surface area contributed by atoms with E-state index in [1.807, 2.05) is 19.2 Å². The van der Waals surface area contributed by atoms with E-state index < -0.39 is 0 Å². The van der Waals surface area contributed by atoms with Gasteiger partial charge < -0.3 is 15.0 Å². The number of hydrogen-bond donors (Lipinski definition) is 1. The molecule has 1 aliphatic rings. The van der Waals surface area contributed by atoms with Crippen molar-refractivity contribution in [2.75, 3.05) is 32.5 Å². The first-order chi connectivity index (χ1) is 7.78. The first kappa shape index (κ1) is 17.3. The Labute approximate surface area is 121 Å². The molecule has 0 saturated carbocycles. The van der Waals surface area contributed by atoms with Crippen molar-refractivity contribution in [3.63, 3.8) is 0 Å². The van der Waals surface area contributed by atoms with Gasteiger partial charge in [0.05, 0.1) is 0 Å². The fourth-order valence-corrected chi connectivity index (χ4v) is 1.90. The van der Waals surface area contributed by atoms with Crippen molar-refractivity contribution >= 4 is 30.5 Å². The second-order valence-electron chi connectivity index (χ2n) is 4.25. The molecule has 2 rings (SSSR count). The van der Waals surface area contributed by atoms with Crippen LogP contribution in [-0.2, 0) is 0 Å². The largest absolute Gasteiger partial charge is 0.474 e. The summed E-state index contributed by atoms with van der Waals surface area (Å²) in [5, 5.41) is 3.08. The zero-order valence-electron chi connectivity index (χ0n) is 10.8. The van der Waals surface area contributed by atoms with Gasteiger partial charge in [-0.1, -0.05) is 0 Å². The maximum atomic E-state index is 5.87. The lowest BCUT2D eigenvalue weighted by Crippen LogP contribution is -2.35. The summed E-state index contributed by atoms with van der Waals surface area (Å²) in [5.74, 6) is 0.724. The van der Waals surface area contributed by atoms with Crippen LogP contribution in [0.25, 0.3) is 0 Å². The molecule has 1 saturated heterocycles. The van der Waals surface area contributed by atoms with E-state index in [1.54, 1.807) is 6.20 Å². The van der Waals surface area contributed by atoms with Crippen molar-refractivity contribution in [1.29, 1.82) is 0 Å². The number of pyridine rings is 1. The molecule has 0 aliphatic carbocycles. The highest BCUT2D eigenvalue weighted by Gasteiger charge is 2.18. The van der Waals surface area contributed by atoms with E-state index >= 15 is 0 Å². The molecule has 4 nitrogen and oxygen atoms in total.